The van der Waals surface area contributed by atoms with Gasteiger partial charge in [-0.3, -0.25) is 4.79 Å². The molecule has 5 heteroatoms. The number of hydrogen-bond donors (Lipinski definition) is 2. The SMILES string of the molecule is COc1cc(N)cc(OC[C@H]2C[C@]2(C)C(=O)O)c1. The number of nitrogen functional groups attached to an aromatic ring is 1. The maximum Gasteiger partial charge on any atom is 0.309 e. The molecule has 5 nitrogen and oxygen atoms in total. The topological polar surface area (TPSA) is 81.8 Å². The zero-order chi connectivity index (χ0) is 13.3. The summed E-state index contributed by atoms with van der Waals surface area (Å²) in [7, 11) is 1.56. The van der Waals surface area contributed by atoms with Crippen molar-refractivity contribution < 1.29 is 19.4 Å². The maximum atomic E-state index is 11.0. The van der Waals surface area contributed by atoms with Crippen LogP contribution >= 0.6 is 0 Å². The zero-order valence-corrected chi connectivity index (χ0v) is 10.5. The van der Waals surface area contributed by atoms with E-state index in [1.165, 1.54) is 0 Å². The van der Waals surface area contributed by atoms with Gasteiger partial charge in [-0.2, -0.15) is 0 Å². The third-order valence-electron chi connectivity index (χ3n) is 3.49. The fourth-order valence-electron chi connectivity index (χ4n) is 1.95. The Hall–Kier alpha value is -1.91. The van der Waals surface area contributed by atoms with Crippen molar-refractivity contribution in [3.63, 3.8) is 0 Å². The number of carbonyl (C=O) groups is 1. The summed E-state index contributed by atoms with van der Waals surface area (Å²) >= 11 is 0. The van der Waals surface area contributed by atoms with Crippen LogP contribution in [0.15, 0.2) is 18.2 Å². The first-order chi connectivity index (χ1) is 8.45. The maximum absolute atomic E-state index is 11.0. The van der Waals surface area contributed by atoms with Crippen LogP contribution in [0.3, 0.4) is 0 Å². The van der Waals surface area contributed by atoms with Gasteiger partial charge in [0.2, 0.25) is 0 Å². The fraction of sp³-hybridized carbons (Fsp3) is 0.462. The molecule has 2 atom stereocenters. The molecule has 1 aliphatic rings. The monoisotopic (exact) mass is 251 g/mol. The molecule has 1 fully saturated rings. The molecule has 1 aromatic rings. The van der Waals surface area contributed by atoms with E-state index >= 15 is 0 Å². The van der Waals surface area contributed by atoms with Crippen molar-refractivity contribution in [1.29, 1.82) is 0 Å². The predicted molar refractivity (Wildman–Crippen MR) is 66.8 cm³/mol. The van der Waals surface area contributed by atoms with Gasteiger partial charge < -0.3 is 20.3 Å². The van der Waals surface area contributed by atoms with Crippen LogP contribution in [-0.2, 0) is 4.79 Å². The molecule has 0 amide bonds. The number of anilines is 1. The minimum atomic E-state index is -0.763. The normalized spacial score (nSPS) is 25.6. The Kier molecular flexibility index (Phi) is 3.07. The van der Waals surface area contributed by atoms with Gasteiger partial charge in [-0.25, -0.2) is 0 Å². The lowest BCUT2D eigenvalue weighted by Crippen LogP contribution is -2.16. The van der Waals surface area contributed by atoms with E-state index in [0.717, 1.165) is 0 Å². The predicted octanol–water partition coefficient (Wildman–Crippen LogP) is 1.77. The molecule has 98 valence electrons. The molecule has 0 bridgehead atoms. The highest BCUT2D eigenvalue weighted by Gasteiger charge is 2.56. The summed E-state index contributed by atoms with van der Waals surface area (Å²) in [5.41, 5.74) is 5.63. The van der Waals surface area contributed by atoms with Crippen LogP contribution in [0.25, 0.3) is 0 Å². The van der Waals surface area contributed by atoms with E-state index in [0.29, 0.717) is 30.2 Å². The number of carboxylic acid groups (broad SMARTS) is 1. The molecule has 3 N–H and O–H groups in total. The smallest absolute Gasteiger partial charge is 0.309 e. The van der Waals surface area contributed by atoms with E-state index in [1.807, 2.05) is 0 Å². The lowest BCUT2D eigenvalue weighted by Gasteiger charge is -2.10. The van der Waals surface area contributed by atoms with Crippen LogP contribution in [0.5, 0.6) is 11.5 Å². The van der Waals surface area contributed by atoms with Gasteiger partial charge in [-0.05, 0) is 13.3 Å². The van der Waals surface area contributed by atoms with Crippen LogP contribution in [0.1, 0.15) is 13.3 Å². The molecule has 0 aromatic heterocycles. The van der Waals surface area contributed by atoms with Crippen molar-refractivity contribution in [3.05, 3.63) is 18.2 Å². The van der Waals surface area contributed by atoms with Crippen molar-refractivity contribution in [2.75, 3.05) is 19.5 Å². The Balaban J connectivity index is 1.96. The van der Waals surface area contributed by atoms with Crippen molar-refractivity contribution in [3.8, 4) is 11.5 Å². The third kappa shape index (κ3) is 2.34. The second-order valence-corrected chi connectivity index (χ2v) is 4.88. The van der Waals surface area contributed by atoms with Gasteiger partial charge in [0, 0.05) is 29.8 Å². The Morgan fingerprint density at radius 2 is 2.17 bits per heavy atom. The molecule has 0 heterocycles. The molecule has 0 aliphatic heterocycles. The summed E-state index contributed by atoms with van der Waals surface area (Å²) in [5, 5.41) is 9.01. The minimum absolute atomic E-state index is 0.0578. The quantitative estimate of drug-likeness (QED) is 0.779. The van der Waals surface area contributed by atoms with E-state index < -0.39 is 11.4 Å². The Bertz CT molecular complexity index is 474. The average molecular weight is 251 g/mol. The minimum Gasteiger partial charge on any atom is -0.497 e. The van der Waals surface area contributed by atoms with Crippen LogP contribution in [0.2, 0.25) is 0 Å². The van der Waals surface area contributed by atoms with Crippen molar-refractivity contribution in [2.24, 2.45) is 11.3 Å². The van der Waals surface area contributed by atoms with Crippen molar-refractivity contribution in [2.45, 2.75) is 13.3 Å². The lowest BCUT2D eigenvalue weighted by molar-refractivity contribution is -0.143. The number of hydrogen-bond acceptors (Lipinski definition) is 4. The molecule has 1 saturated carbocycles. The van der Waals surface area contributed by atoms with Gasteiger partial charge >= 0.3 is 5.97 Å². The highest BCUT2D eigenvalue weighted by atomic mass is 16.5. The van der Waals surface area contributed by atoms with Gasteiger partial charge in [0.05, 0.1) is 19.1 Å². The highest BCUT2D eigenvalue weighted by Crippen LogP contribution is 2.52. The van der Waals surface area contributed by atoms with Crippen LogP contribution in [0, 0.1) is 11.3 Å². The Morgan fingerprint density at radius 3 is 2.72 bits per heavy atom. The number of methoxy groups -OCH3 is 1. The van der Waals surface area contributed by atoms with E-state index in [2.05, 4.69) is 0 Å². The summed E-state index contributed by atoms with van der Waals surface area (Å²) in [5.74, 6) is 0.525. The molecule has 0 unspecified atom stereocenters. The molecule has 1 aromatic carbocycles. The van der Waals surface area contributed by atoms with Crippen molar-refractivity contribution >= 4 is 11.7 Å². The molecular formula is C13H17NO4. The summed E-state index contributed by atoms with van der Waals surface area (Å²) in [6.45, 7) is 2.12. The van der Waals surface area contributed by atoms with Crippen molar-refractivity contribution in [1.82, 2.24) is 0 Å². The molecule has 0 spiro atoms. The fourth-order valence-corrected chi connectivity index (χ4v) is 1.95. The highest BCUT2D eigenvalue weighted by molar-refractivity contribution is 5.78. The largest absolute Gasteiger partial charge is 0.497 e. The molecular weight excluding hydrogens is 234 g/mol. The average Bonchev–Trinajstić information content (AvgIpc) is 2.99. The Labute approximate surface area is 106 Å². The van der Waals surface area contributed by atoms with Gasteiger partial charge in [-0.15, -0.1) is 0 Å². The molecule has 0 saturated heterocycles. The molecule has 18 heavy (non-hydrogen) atoms. The summed E-state index contributed by atoms with van der Waals surface area (Å²) < 4.78 is 10.7. The lowest BCUT2D eigenvalue weighted by atomic mass is 10.1. The molecule has 2 rings (SSSR count). The second-order valence-electron chi connectivity index (χ2n) is 4.88. The second kappa shape index (κ2) is 4.40. The molecule has 0 radical (unpaired) electrons. The van der Waals surface area contributed by atoms with E-state index in [1.54, 1.807) is 32.2 Å². The standard InChI is InChI=1S/C13H17NO4/c1-13(12(15)16)6-8(13)7-18-11-4-9(14)3-10(5-11)17-2/h3-5,8H,6-7,14H2,1-2H3,(H,15,16)/t8-,13+/m1/s1. The van der Waals surface area contributed by atoms with Crippen LogP contribution < -0.4 is 15.2 Å². The molecule has 1 aliphatic carbocycles. The number of carboxylic acids is 1. The van der Waals surface area contributed by atoms with E-state index in [-0.39, 0.29) is 5.92 Å². The van der Waals surface area contributed by atoms with Gasteiger partial charge in [0.1, 0.15) is 11.5 Å². The Morgan fingerprint density at radius 1 is 1.50 bits per heavy atom. The van der Waals surface area contributed by atoms with Crippen LogP contribution in [-0.4, -0.2) is 24.8 Å². The summed E-state index contributed by atoms with van der Waals surface area (Å²) in [6, 6.07) is 5.13. The summed E-state index contributed by atoms with van der Waals surface area (Å²) in [6.07, 6.45) is 0.655. The number of ether oxygens (including phenoxy) is 2. The number of nitrogens with two attached hydrogens (primary N) is 1. The zero-order valence-electron chi connectivity index (χ0n) is 10.5. The first kappa shape index (κ1) is 12.5. The van der Waals surface area contributed by atoms with Crippen LogP contribution in [0.4, 0.5) is 5.69 Å². The van der Waals surface area contributed by atoms with Gasteiger partial charge in [0.25, 0.3) is 0 Å². The number of aliphatic carboxylic acids is 1. The van der Waals surface area contributed by atoms with Gasteiger partial charge in [0.15, 0.2) is 0 Å². The number of benzene rings is 1. The van der Waals surface area contributed by atoms with Gasteiger partial charge in [-0.1, -0.05) is 0 Å². The third-order valence-corrected chi connectivity index (χ3v) is 3.49. The number of rotatable bonds is 5. The van der Waals surface area contributed by atoms with E-state index in [9.17, 15) is 4.79 Å². The first-order valence-corrected chi connectivity index (χ1v) is 5.76. The first-order valence-electron chi connectivity index (χ1n) is 5.76. The summed E-state index contributed by atoms with van der Waals surface area (Å²) in [4.78, 5) is 11.0. The van der Waals surface area contributed by atoms with E-state index in [4.69, 9.17) is 20.3 Å².